The first kappa shape index (κ1) is 22.3. The molecule has 9 heteroatoms. The SMILES string of the molecule is CN=C(NCCCSc1ccc(F)cc1)NCc1ccc(C(N)=O)o1.I. The average Bonchev–Trinajstić information content (AvgIpc) is 3.08. The predicted molar refractivity (Wildman–Crippen MR) is 113 cm³/mol. The number of hydrogen-bond donors (Lipinski definition) is 3. The van der Waals surface area contributed by atoms with Crippen molar-refractivity contribution in [2.45, 2.75) is 17.9 Å². The van der Waals surface area contributed by atoms with Gasteiger partial charge in [0.05, 0.1) is 6.54 Å². The Bertz CT molecular complexity index is 722. The van der Waals surface area contributed by atoms with E-state index in [9.17, 15) is 9.18 Å². The maximum Gasteiger partial charge on any atom is 0.284 e. The molecule has 2 aromatic rings. The fourth-order valence-electron chi connectivity index (χ4n) is 2.00. The van der Waals surface area contributed by atoms with Crippen LogP contribution in [-0.4, -0.2) is 31.2 Å². The zero-order chi connectivity index (χ0) is 18.1. The fraction of sp³-hybridized carbons (Fsp3) is 0.294. The van der Waals surface area contributed by atoms with Crippen LogP contribution < -0.4 is 16.4 Å². The second-order valence-corrected chi connectivity index (χ2v) is 6.31. The zero-order valence-corrected chi connectivity index (χ0v) is 17.5. The summed E-state index contributed by atoms with van der Waals surface area (Å²) in [5.74, 6) is 1.48. The third-order valence-electron chi connectivity index (χ3n) is 3.25. The van der Waals surface area contributed by atoms with Gasteiger partial charge in [0.1, 0.15) is 11.6 Å². The van der Waals surface area contributed by atoms with Gasteiger partial charge >= 0.3 is 0 Å². The number of carbonyl (C=O) groups is 1. The van der Waals surface area contributed by atoms with Crippen LogP contribution in [0.15, 0.2) is 50.7 Å². The molecule has 1 aromatic heterocycles. The van der Waals surface area contributed by atoms with Crippen molar-refractivity contribution >= 4 is 47.6 Å². The van der Waals surface area contributed by atoms with E-state index >= 15 is 0 Å². The number of halogens is 2. The average molecular weight is 492 g/mol. The van der Waals surface area contributed by atoms with Gasteiger partial charge in [-0.05, 0) is 48.6 Å². The van der Waals surface area contributed by atoms with Gasteiger partial charge in [0.15, 0.2) is 11.7 Å². The highest BCUT2D eigenvalue weighted by molar-refractivity contribution is 14.0. The molecule has 1 heterocycles. The Hall–Kier alpha value is -1.75. The summed E-state index contributed by atoms with van der Waals surface area (Å²) in [7, 11) is 1.68. The van der Waals surface area contributed by atoms with Gasteiger partial charge < -0.3 is 20.8 Å². The van der Waals surface area contributed by atoms with E-state index in [4.69, 9.17) is 10.2 Å². The van der Waals surface area contributed by atoms with E-state index in [1.165, 1.54) is 12.1 Å². The first-order valence-corrected chi connectivity index (χ1v) is 8.78. The highest BCUT2D eigenvalue weighted by atomic mass is 127. The van der Waals surface area contributed by atoms with E-state index < -0.39 is 5.91 Å². The summed E-state index contributed by atoms with van der Waals surface area (Å²) in [4.78, 5) is 16.2. The van der Waals surface area contributed by atoms with E-state index in [0.29, 0.717) is 18.3 Å². The number of primary amides is 1. The van der Waals surface area contributed by atoms with E-state index in [1.807, 2.05) is 0 Å². The summed E-state index contributed by atoms with van der Waals surface area (Å²) in [6.45, 7) is 1.15. The van der Waals surface area contributed by atoms with Crippen LogP contribution in [0.1, 0.15) is 22.7 Å². The standard InChI is InChI=1S/C17H21FN4O2S.HI/c1-20-17(22-11-13-5-8-15(24-13)16(19)23)21-9-2-10-25-14-6-3-12(18)4-7-14;/h3-8H,2,9-11H2,1H3,(H2,19,23)(H2,20,21,22);1H. The van der Waals surface area contributed by atoms with Crippen molar-refractivity contribution in [1.29, 1.82) is 0 Å². The van der Waals surface area contributed by atoms with Crippen LogP contribution >= 0.6 is 35.7 Å². The number of guanidine groups is 1. The summed E-state index contributed by atoms with van der Waals surface area (Å²) in [5.41, 5.74) is 5.14. The summed E-state index contributed by atoms with van der Waals surface area (Å²) < 4.78 is 18.1. The third kappa shape index (κ3) is 7.65. The Morgan fingerprint density at radius 1 is 1.23 bits per heavy atom. The molecule has 1 amide bonds. The molecule has 0 saturated heterocycles. The van der Waals surface area contributed by atoms with Gasteiger partial charge in [-0.3, -0.25) is 9.79 Å². The first-order valence-electron chi connectivity index (χ1n) is 7.80. The van der Waals surface area contributed by atoms with Gasteiger partial charge in [-0.1, -0.05) is 0 Å². The minimum atomic E-state index is -0.590. The van der Waals surface area contributed by atoms with Crippen LogP contribution in [0.2, 0.25) is 0 Å². The Labute approximate surface area is 173 Å². The summed E-state index contributed by atoms with van der Waals surface area (Å²) in [6.07, 6.45) is 0.926. The van der Waals surface area contributed by atoms with Gasteiger partial charge in [-0.25, -0.2) is 4.39 Å². The van der Waals surface area contributed by atoms with Crippen molar-refractivity contribution in [2.24, 2.45) is 10.7 Å². The quantitative estimate of drug-likeness (QED) is 0.173. The normalized spacial score (nSPS) is 10.9. The number of hydrogen-bond acceptors (Lipinski definition) is 4. The number of benzene rings is 1. The minimum absolute atomic E-state index is 0. The van der Waals surface area contributed by atoms with Crippen molar-refractivity contribution < 1.29 is 13.6 Å². The van der Waals surface area contributed by atoms with Gasteiger partial charge in [0.2, 0.25) is 0 Å². The van der Waals surface area contributed by atoms with E-state index in [0.717, 1.165) is 23.6 Å². The number of rotatable bonds is 8. The number of carbonyl (C=O) groups excluding carboxylic acids is 1. The first-order chi connectivity index (χ1) is 12.1. The number of thioether (sulfide) groups is 1. The van der Waals surface area contributed by atoms with Gasteiger partial charge in [-0.15, -0.1) is 35.7 Å². The minimum Gasteiger partial charge on any atom is -0.454 e. The number of nitrogens with two attached hydrogens (primary N) is 1. The molecule has 2 rings (SSSR count). The van der Waals surface area contributed by atoms with Crippen molar-refractivity contribution in [3.63, 3.8) is 0 Å². The van der Waals surface area contributed by atoms with E-state index in [-0.39, 0.29) is 35.6 Å². The second-order valence-electron chi connectivity index (χ2n) is 5.14. The highest BCUT2D eigenvalue weighted by Crippen LogP contribution is 2.18. The topological polar surface area (TPSA) is 92.6 Å². The van der Waals surface area contributed by atoms with E-state index in [1.54, 1.807) is 43.1 Å². The van der Waals surface area contributed by atoms with E-state index in [2.05, 4.69) is 15.6 Å². The molecular weight excluding hydrogens is 470 g/mol. The van der Waals surface area contributed by atoms with Crippen molar-refractivity contribution in [2.75, 3.05) is 19.3 Å². The largest absolute Gasteiger partial charge is 0.454 e. The zero-order valence-electron chi connectivity index (χ0n) is 14.3. The molecule has 0 radical (unpaired) electrons. The monoisotopic (exact) mass is 492 g/mol. The number of furan rings is 1. The summed E-state index contributed by atoms with van der Waals surface area (Å²) in [5, 5.41) is 6.29. The van der Waals surface area contributed by atoms with Crippen LogP contribution in [-0.2, 0) is 6.54 Å². The Morgan fingerprint density at radius 2 is 1.96 bits per heavy atom. The molecule has 1 aromatic carbocycles. The molecule has 6 nitrogen and oxygen atoms in total. The third-order valence-corrected chi connectivity index (χ3v) is 4.35. The molecule has 0 unspecified atom stereocenters. The van der Waals surface area contributed by atoms with Crippen LogP contribution in [0.25, 0.3) is 0 Å². The molecule has 4 N–H and O–H groups in total. The molecule has 0 bridgehead atoms. The highest BCUT2D eigenvalue weighted by Gasteiger charge is 2.07. The molecule has 0 saturated carbocycles. The Balaban J connectivity index is 0.00000338. The van der Waals surface area contributed by atoms with Gasteiger partial charge in [0.25, 0.3) is 5.91 Å². The Morgan fingerprint density at radius 3 is 2.58 bits per heavy atom. The van der Waals surface area contributed by atoms with Crippen molar-refractivity contribution in [1.82, 2.24) is 10.6 Å². The van der Waals surface area contributed by atoms with Gasteiger partial charge in [0, 0.05) is 18.5 Å². The smallest absolute Gasteiger partial charge is 0.284 e. The lowest BCUT2D eigenvalue weighted by Crippen LogP contribution is -2.37. The molecule has 0 aliphatic carbocycles. The molecule has 0 fully saturated rings. The molecule has 0 atom stereocenters. The molecule has 26 heavy (non-hydrogen) atoms. The van der Waals surface area contributed by atoms with Crippen LogP contribution in [0.3, 0.4) is 0 Å². The van der Waals surface area contributed by atoms with Crippen molar-refractivity contribution in [3.8, 4) is 0 Å². The molecular formula is C17H22FIN4O2S. The second kappa shape index (κ2) is 11.8. The maximum atomic E-state index is 12.8. The lowest BCUT2D eigenvalue weighted by atomic mass is 10.4. The molecule has 0 spiro atoms. The number of nitrogens with zero attached hydrogens (tertiary/aromatic N) is 1. The number of nitrogens with one attached hydrogen (secondary N) is 2. The fourth-order valence-corrected chi connectivity index (χ4v) is 2.85. The number of amides is 1. The lowest BCUT2D eigenvalue weighted by molar-refractivity contribution is 0.0972. The summed E-state index contributed by atoms with van der Waals surface area (Å²) in [6, 6.07) is 9.71. The Kier molecular flexibility index (Phi) is 10.1. The van der Waals surface area contributed by atoms with Crippen LogP contribution in [0.5, 0.6) is 0 Å². The van der Waals surface area contributed by atoms with Crippen LogP contribution in [0, 0.1) is 5.82 Å². The van der Waals surface area contributed by atoms with Crippen molar-refractivity contribution in [3.05, 3.63) is 53.7 Å². The van der Waals surface area contributed by atoms with Gasteiger partial charge in [-0.2, -0.15) is 0 Å². The van der Waals surface area contributed by atoms with Crippen LogP contribution in [0.4, 0.5) is 4.39 Å². The summed E-state index contributed by atoms with van der Waals surface area (Å²) >= 11 is 1.68. The lowest BCUT2D eigenvalue weighted by Gasteiger charge is -2.10. The molecule has 0 aliphatic heterocycles. The molecule has 142 valence electrons. The maximum absolute atomic E-state index is 12.8. The predicted octanol–water partition coefficient (Wildman–Crippen LogP) is 2.98. The molecule has 0 aliphatic rings. The number of aliphatic imine (C=N–C) groups is 1.